The van der Waals surface area contributed by atoms with Gasteiger partial charge in [-0.2, -0.15) is 0 Å². The number of oxazole rings is 1. The predicted octanol–water partition coefficient (Wildman–Crippen LogP) is 3.15. The van der Waals surface area contributed by atoms with Crippen LogP contribution in [0.1, 0.15) is 16.1 Å². The Morgan fingerprint density at radius 3 is 2.42 bits per heavy atom. The number of hydrogen-bond donors (Lipinski definition) is 1. The molecular weight excluding hydrogens is 336 g/mol. The Morgan fingerprint density at radius 1 is 1.26 bits per heavy atom. The quantitative estimate of drug-likeness (QED) is 0.928. The fourth-order valence-electron chi connectivity index (χ4n) is 1.19. The van der Waals surface area contributed by atoms with Gasteiger partial charge in [-0.1, -0.05) is 23.2 Å². The Hall–Kier alpha value is -1.01. The highest BCUT2D eigenvalue weighted by molar-refractivity contribution is 6.35. The van der Waals surface area contributed by atoms with E-state index in [1.165, 1.54) is 25.1 Å². The Labute approximate surface area is 131 Å². The van der Waals surface area contributed by atoms with Gasteiger partial charge in [-0.15, -0.1) is 24.8 Å². The maximum absolute atomic E-state index is 11.6. The summed E-state index contributed by atoms with van der Waals surface area (Å²) in [7, 11) is 0. The Kier molecular flexibility index (Phi) is 7.78. The molecule has 1 N–H and O–H groups in total. The number of hydrogen-bond acceptors (Lipinski definition) is 4. The molecule has 0 aliphatic rings. The van der Waals surface area contributed by atoms with Crippen molar-refractivity contribution in [2.45, 2.75) is 6.54 Å². The molecule has 9 heteroatoms. The molecule has 0 aliphatic carbocycles. The highest BCUT2D eigenvalue weighted by Crippen LogP contribution is 2.22. The topological polar surface area (TPSA) is 68.0 Å². The van der Waals surface area contributed by atoms with E-state index in [0.717, 1.165) is 0 Å². The number of nitrogens with zero attached hydrogens (tertiary/aromatic N) is 2. The van der Waals surface area contributed by atoms with Gasteiger partial charge in [0.05, 0.1) is 10.0 Å². The molecule has 2 rings (SSSR count). The van der Waals surface area contributed by atoms with Crippen molar-refractivity contribution in [3.05, 3.63) is 46.4 Å². The third kappa shape index (κ3) is 4.54. The lowest BCUT2D eigenvalue weighted by Gasteiger charge is -2.06. The maximum Gasteiger partial charge on any atom is 0.273 e. The smallest absolute Gasteiger partial charge is 0.273 e. The van der Waals surface area contributed by atoms with Crippen LogP contribution in [0, 0.1) is 0 Å². The molecule has 2 aromatic rings. The van der Waals surface area contributed by atoms with Crippen molar-refractivity contribution >= 4 is 53.9 Å². The zero-order chi connectivity index (χ0) is 12.3. The summed E-state index contributed by atoms with van der Waals surface area (Å²) in [5.41, 5.74) is 0.812. The average molecular weight is 345 g/mol. The minimum absolute atomic E-state index is 0. The van der Waals surface area contributed by atoms with Crippen LogP contribution in [-0.4, -0.2) is 15.9 Å². The summed E-state index contributed by atoms with van der Waals surface area (Å²) < 4.78 is 4.70. The van der Waals surface area contributed by atoms with Gasteiger partial charge in [-0.25, -0.2) is 4.98 Å². The van der Waals surface area contributed by atoms with Crippen LogP contribution in [0.25, 0.3) is 0 Å². The molecule has 0 fully saturated rings. The number of rotatable bonds is 3. The van der Waals surface area contributed by atoms with Gasteiger partial charge in [-0.05, 0) is 0 Å². The minimum Gasteiger partial charge on any atom is -0.451 e. The van der Waals surface area contributed by atoms with Crippen LogP contribution in [0.3, 0.4) is 0 Å². The summed E-state index contributed by atoms with van der Waals surface area (Å²) in [6.45, 7) is 0.200. The van der Waals surface area contributed by atoms with Gasteiger partial charge < -0.3 is 9.73 Å². The second-order valence-electron chi connectivity index (χ2n) is 3.14. The second-order valence-corrected chi connectivity index (χ2v) is 3.95. The van der Waals surface area contributed by atoms with E-state index < -0.39 is 0 Å². The second kappa shape index (κ2) is 8.22. The number of nitrogens with one attached hydrogen (secondary N) is 1. The number of amides is 1. The summed E-state index contributed by atoms with van der Waals surface area (Å²) in [5, 5.41) is 3.43. The molecule has 104 valence electrons. The van der Waals surface area contributed by atoms with Crippen LogP contribution >= 0.6 is 48.0 Å². The molecule has 0 spiro atoms. The molecule has 2 heterocycles. The van der Waals surface area contributed by atoms with Crippen molar-refractivity contribution in [2.75, 3.05) is 0 Å². The fraction of sp³-hybridized carbons (Fsp3) is 0.100. The summed E-state index contributed by atoms with van der Waals surface area (Å²) in [5.74, 6) is -0.359. The van der Waals surface area contributed by atoms with E-state index in [0.29, 0.717) is 15.6 Å². The van der Waals surface area contributed by atoms with Gasteiger partial charge in [0.2, 0.25) is 0 Å². The van der Waals surface area contributed by atoms with Crippen molar-refractivity contribution < 1.29 is 9.21 Å². The molecule has 0 bridgehead atoms. The summed E-state index contributed by atoms with van der Waals surface area (Å²) in [6.07, 6.45) is 5.36. The predicted molar refractivity (Wildman–Crippen MR) is 76.4 cm³/mol. The monoisotopic (exact) mass is 343 g/mol. The standard InChI is InChI=1S/C10H7Cl2N3O2.2ClH/c11-7-2-13-3-8(12)6(7)1-14-10(16)9-4-17-5-15-9;;/h2-5H,1H2,(H,14,16);2*1H. The van der Waals surface area contributed by atoms with Crippen LogP contribution in [0.4, 0.5) is 0 Å². The summed E-state index contributed by atoms with van der Waals surface area (Å²) >= 11 is 11.8. The Morgan fingerprint density at radius 2 is 1.89 bits per heavy atom. The maximum atomic E-state index is 11.6. The highest BCUT2D eigenvalue weighted by atomic mass is 35.5. The molecule has 1 amide bonds. The lowest BCUT2D eigenvalue weighted by atomic mass is 10.2. The zero-order valence-corrected chi connectivity index (χ0v) is 12.4. The van der Waals surface area contributed by atoms with Crippen LogP contribution in [0.2, 0.25) is 10.0 Å². The molecule has 0 saturated carbocycles. The number of carbonyl (C=O) groups excluding carboxylic acids is 1. The SMILES string of the molecule is Cl.Cl.O=C(NCc1c(Cl)cncc1Cl)c1cocn1. The largest absolute Gasteiger partial charge is 0.451 e. The van der Waals surface area contributed by atoms with E-state index in [-0.39, 0.29) is 43.0 Å². The van der Waals surface area contributed by atoms with Crippen molar-refractivity contribution in [1.82, 2.24) is 15.3 Å². The van der Waals surface area contributed by atoms with Gasteiger partial charge in [0, 0.05) is 24.5 Å². The van der Waals surface area contributed by atoms with Gasteiger partial charge in [0.15, 0.2) is 12.1 Å². The van der Waals surface area contributed by atoms with Crippen molar-refractivity contribution in [1.29, 1.82) is 0 Å². The van der Waals surface area contributed by atoms with Gasteiger partial charge in [0.25, 0.3) is 5.91 Å². The lowest BCUT2D eigenvalue weighted by Crippen LogP contribution is -2.23. The highest BCUT2D eigenvalue weighted by Gasteiger charge is 2.11. The first-order valence-corrected chi connectivity index (χ1v) is 5.38. The number of halogens is 4. The zero-order valence-electron chi connectivity index (χ0n) is 9.30. The molecular formula is C10H9Cl4N3O2. The first-order chi connectivity index (χ1) is 8.18. The molecule has 0 aromatic carbocycles. The summed E-state index contributed by atoms with van der Waals surface area (Å²) in [6, 6.07) is 0. The van der Waals surface area contributed by atoms with E-state index >= 15 is 0 Å². The normalized spacial score (nSPS) is 9.16. The first kappa shape index (κ1) is 18.0. The third-order valence-electron chi connectivity index (χ3n) is 2.04. The molecule has 0 atom stereocenters. The average Bonchev–Trinajstić information content (AvgIpc) is 2.81. The molecule has 19 heavy (non-hydrogen) atoms. The molecule has 5 nitrogen and oxygen atoms in total. The minimum atomic E-state index is -0.359. The van der Waals surface area contributed by atoms with Crippen LogP contribution in [-0.2, 0) is 6.54 Å². The summed E-state index contributed by atoms with van der Waals surface area (Å²) in [4.78, 5) is 19.1. The van der Waals surface area contributed by atoms with E-state index in [4.69, 9.17) is 27.6 Å². The molecule has 0 radical (unpaired) electrons. The molecule has 0 aliphatic heterocycles. The fourth-order valence-corrected chi connectivity index (χ4v) is 1.69. The van der Waals surface area contributed by atoms with Crippen molar-refractivity contribution in [3.63, 3.8) is 0 Å². The third-order valence-corrected chi connectivity index (χ3v) is 2.69. The van der Waals surface area contributed by atoms with Crippen LogP contribution in [0.15, 0.2) is 29.5 Å². The Bertz CT molecular complexity index is 513. The number of carbonyl (C=O) groups is 1. The van der Waals surface area contributed by atoms with E-state index in [1.54, 1.807) is 0 Å². The van der Waals surface area contributed by atoms with Gasteiger partial charge >= 0.3 is 0 Å². The first-order valence-electron chi connectivity index (χ1n) is 4.62. The van der Waals surface area contributed by atoms with E-state index in [1.807, 2.05) is 0 Å². The van der Waals surface area contributed by atoms with Crippen molar-refractivity contribution in [2.24, 2.45) is 0 Å². The van der Waals surface area contributed by atoms with E-state index in [2.05, 4.69) is 15.3 Å². The van der Waals surface area contributed by atoms with Crippen LogP contribution in [0.5, 0.6) is 0 Å². The van der Waals surface area contributed by atoms with Crippen molar-refractivity contribution in [3.8, 4) is 0 Å². The van der Waals surface area contributed by atoms with E-state index in [9.17, 15) is 4.79 Å². The number of pyridine rings is 1. The molecule has 2 aromatic heterocycles. The number of aromatic nitrogens is 2. The van der Waals surface area contributed by atoms with Gasteiger partial charge in [-0.3, -0.25) is 9.78 Å². The molecule has 0 unspecified atom stereocenters. The lowest BCUT2D eigenvalue weighted by molar-refractivity contribution is 0.0946. The van der Waals surface area contributed by atoms with Crippen LogP contribution < -0.4 is 5.32 Å². The van der Waals surface area contributed by atoms with Gasteiger partial charge in [0.1, 0.15) is 6.26 Å². The molecule has 0 saturated heterocycles. The Balaban J connectivity index is 0.00000162.